The number of nitrogens with zero attached hydrogens (tertiary/aromatic N) is 2. The molecule has 0 bridgehead atoms. The summed E-state index contributed by atoms with van der Waals surface area (Å²) < 4.78 is 0. The van der Waals surface area contributed by atoms with Crippen molar-refractivity contribution in [2.45, 2.75) is 12.8 Å². The highest BCUT2D eigenvalue weighted by Gasteiger charge is 2.28. The molecule has 0 saturated carbocycles. The van der Waals surface area contributed by atoms with Gasteiger partial charge in [0.25, 0.3) is 11.8 Å². The Kier molecular flexibility index (Phi) is 3.66. The molecular formula is C14H16N2O4. The zero-order valence-corrected chi connectivity index (χ0v) is 11.1. The summed E-state index contributed by atoms with van der Waals surface area (Å²) in [7, 11) is 0. The fourth-order valence-corrected chi connectivity index (χ4v) is 2.34. The SMILES string of the molecule is O=C(c1ccccc1C(=O)N1CCCO1)N1CCCO1. The van der Waals surface area contributed by atoms with Gasteiger partial charge in [-0.3, -0.25) is 19.3 Å². The molecule has 2 saturated heterocycles. The van der Waals surface area contributed by atoms with Crippen molar-refractivity contribution in [3.05, 3.63) is 35.4 Å². The van der Waals surface area contributed by atoms with Crippen LogP contribution >= 0.6 is 0 Å². The molecule has 0 atom stereocenters. The molecule has 2 amide bonds. The molecule has 0 radical (unpaired) electrons. The Morgan fingerprint density at radius 3 is 1.65 bits per heavy atom. The van der Waals surface area contributed by atoms with Crippen LogP contribution in [0.5, 0.6) is 0 Å². The Balaban J connectivity index is 1.87. The van der Waals surface area contributed by atoms with E-state index in [0.29, 0.717) is 37.4 Å². The van der Waals surface area contributed by atoms with Gasteiger partial charge in [0, 0.05) is 0 Å². The molecule has 0 N–H and O–H groups in total. The van der Waals surface area contributed by atoms with Gasteiger partial charge in [-0.25, -0.2) is 10.1 Å². The molecular weight excluding hydrogens is 260 g/mol. The van der Waals surface area contributed by atoms with E-state index in [1.165, 1.54) is 10.1 Å². The molecule has 2 fully saturated rings. The third kappa shape index (κ3) is 2.39. The maximum Gasteiger partial charge on any atom is 0.278 e. The van der Waals surface area contributed by atoms with Crippen LogP contribution < -0.4 is 0 Å². The number of amides is 2. The first-order valence-electron chi connectivity index (χ1n) is 6.76. The number of carbonyl (C=O) groups is 2. The number of carbonyl (C=O) groups excluding carboxylic acids is 2. The summed E-state index contributed by atoms with van der Waals surface area (Å²) in [5.41, 5.74) is 0.713. The van der Waals surface area contributed by atoms with Gasteiger partial charge in [-0.15, -0.1) is 0 Å². The van der Waals surface area contributed by atoms with Gasteiger partial charge in [0.2, 0.25) is 0 Å². The van der Waals surface area contributed by atoms with Crippen LogP contribution in [0.2, 0.25) is 0 Å². The number of hydrogen-bond acceptors (Lipinski definition) is 4. The van der Waals surface area contributed by atoms with Crippen molar-refractivity contribution in [3.63, 3.8) is 0 Å². The zero-order chi connectivity index (χ0) is 13.9. The topological polar surface area (TPSA) is 59.1 Å². The minimum Gasteiger partial charge on any atom is -0.271 e. The summed E-state index contributed by atoms with van der Waals surface area (Å²) in [6.07, 6.45) is 1.63. The largest absolute Gasteiger partial charge is 0.278 e. The van der Waals surface area contributed by atoms with Crippen molar-refractivity contribution in [2.75, 3.05) is 26.3 Å². The molecule has 0 aromatic heterocycles. The monoisotopic (exact) mass is 276 g/mol. The molecule has 2 aliphatic heterocycles. The van der Waals surface area contributed by atoms with E-state index in [2.05, 4.69) is 0 Å². The Morgan fingerprint density at radius 1 is 0.850 bits per heavy atom. The van der Waals surface area contributed by atoms with Crippen LogP contribution in [-0.2, 0) is 9.68 Å². The average Bonchev–Trinajstić information content (AvgIpc) is 3.18. The lowest BCUT2D eigenvalue weighted by Crippen LogP contribution is -2.32. The van der Waals surface area contributed by atoms with Crippen molar-refractivity contribution in [1.82, 2.24) is 10.1 Å². The standard InChI is InChI=1S/C14H16N2O4/c17-13(15-7-3-9-19-15)11-5-1-2-6-12(11)14(18)16-8-4-10-20-16/h1-2,5-6H,3-4,7-10H2. The van der Waals surface area contributed by atoms with E-state index >= 15 is 0 Å². The van der Waals surface area contributed by atoms with Crippen molar-refractivity contribution >= 4 is 11.8 Å². The number of hydroxylamine groups is 4. The number of rotatable bonds is 2. The maximum atomic E-state index is 12.4. The molecule has 2 heterocycles. The van der Waals surface area contributed by atoms with Gasteiger partial charge in [0.15, 0.2) is 0 Å². The van der Waals surface area contributed by atoms with Crippen molar-refractivity contribution < 1.29 is 19.3 Å². The lowest BCUT2D eigenvalue weighted by molar-refractivity contribution is -0.0790. The van der Waals surface area contributed by atoms with Crippen molar-refractivity contribution in [1.29, 1.82) is 0 Å². The maximum absolute atomic E-state index is 12.4. The molecule has 0 spiro atoms. The summed E-state index contributed by atoms with van der Waals surface area (Å²) in [5, 5.41) is 2.63. The van der Waals surface area contributed by atoms with E-state index in [9.17, 15) is 9.59 Å². The van der Waals surface area contributed by atoms with Gasteiger partial charge in [-0.05, 0) is 25.0 Å². The average molecular weight is 276 g/mol. The van der Waals surface area contributed by atoms with E-state index in [-0.39, 0.29) is 11.8 Å². The smallest absolute Gasteiger partial charge is 0.271 e. The first-order valence-corrected chi connectivity index (χ1v) is 6.76. The van der Waals surface area contributed by atoms with Crippen LogP contribution in [0.4, 0.5) is 0 Å². The second-order valence-corrected chi connectivity index (χ2v) is 4.73. The van der Waals surface area contributed by atoms with E-state index in [1.807, 2.05) is 0 Å². The Labute approximate surface area is 116 Å². The minimum atomic E-state index is -0.273. The first-order chi connectivity index (χ1) is 9.77. The van der Waals surface area contributed by atoms with Gasteiger partial charge in [0.1, 0.15) is 0 Å². The first kappa shape index (κ1) is 13.1. The normalized spacial score (nSPS) is 18.6. The van der Waals surface area contributed by atoms with Crippen molar-refractivity contribution in [3.8, 4) is 0 Å². The third-order valence-corrected chi connectivity index (χ3v) is 3.35. The van der Waals surface area contributed by atoms with Crippen molar-refractivity contribution in [2.24, 2.45) is 0 Å². The quantitative estimate of drug-likeness (QED) is 0.815. The third-order valence-electron chi connectivity index (χ3n) is 3.35. The van der Waals surface area contributed by atoms with Crippen LogP contribution in [0.1, 0.15) is 33.6 Å². The van der Waals surface area contributed by atoms with Crippen LogP contribution in [0.3, 0.4) is 0 Å². The van der Waals surface area contributed by atoms with E-state index in [4.69, 9.17) is 9.68 Å². The van der Waals surface area contributed by atoms with E-state index < -0.39 is 0 Å². The molecule has 3 rings (SSSR count). The summed E-state index contributed by atoms with van der Waals surface area (Å²) in [6, 6.07) is 6.77. The Hall–Kier alpha value is -1.92. The molecule has 6 heteroatoms. The molecule has 0 unspecified atom stereocenters. The van der Waals surface area contributed by atoms with Gasteiger partial charge >= 0.3 is 0 Å². The summed E-state index contributed by atoms with van der Waals surface area (Å²) >= 11 is 0. The highest BCUT2D eigenvalue weighted by Crippen LogP contribution is 2.18. The van der Waals surface area contributed by atoms with Crippen LogP contribution in [0.25, 0.3) is 0 Å². The fraction of sp³-hybridized carbons (Fsp3) is 0.429. The zero-order valence-electron chi connectivity index (χ0n) is 11.1. The summed E-state index contributed by atoms with van der Waals surface area (Å²) in [6.45, 7) is 2.19. The van der Waals surface area contributed by atoms with Crippen LogP contribution in [0, 0.1) is 0 Å². The summed E-state index contributed by atoms with van der Waals surface area (Å²) in [4.78, 5) is 35.3. The lowest BCUT2D eigenvalue weighted by atomic mass is 10.1. The van der Waals surface area contributed by atoms with Gasteiger partial charge in [-0.2, -0.15) is 0 Å². The van der Waals surface area contributed by atoms with Crippen LogP contribution in [0.15, 0.2) is 24.3 Å². The molecule has 1 aromatic carbocycles. The number of benzene rings is 1. The minimum absolute atomic E-state index is 0.273. The summed E-state index contributed by atoms with van der Waals surface area (Å²) in [5.74, 6) is -0.545. The Bertz CT molecular complexity index is 473. The van der Waals surface area contributed by atoms with Gasteiger partial charge in [0.05, 0.1) is 37.4 Å². The molecule has 2 aliphatic rings. The van der Waals surface area contributed by atoms with Gasteiger partial charge < -0.3 is 0 Å². The molecule has 20 heavy (non-hydrogen) atoms. The molecule has 106 valence electrons. The molecule has 6 nitrogen and oxygen atoms in total. The highest BCUT2D eigenvalue weighted by molar-refractivity contribution is 6.06. The van der Waals surface area contributed by atoms with E-state index in [1.54, 1.807) is 24.3 Å². The van der Waals surface area contributed by atoms with E-state index in [0.717, 1.165) is 12.8 Å². The highest BCUT2D eigenvalue weighted by atomic mass is 16.7. The lowest BCUT2D eigenvalue weighted by Gasteiger charge is -2.18. The molecule has 0 aliphatic carbocycles. The second kappa shape index (κ2) is 5.60. The second-order valence-electron chi connectivity index (χ2n) is 4.73. The molecule has 1 aromatic rings. The van der Waals surface area contributed by atoms with Crippen LogP contribution in [-0.4, -0.2) is 48.2 Å². The van der Waals surface area contributed by atoms with Gasteiger partial charge in [-0.1, -0.05) is 12.1 Å². The number of hydrogen-bond donors (Lipinski definition) is 0. The Morgan fingerprint density at radius 2 is 1.30 bits per heavy atom. The predicted molar refractivity (Wildman–Crippen MR) is 69.7 cm³/mol. The predicted octanol–water partition coefficient (Wildman–Crippen LogP) is 1.24. The fourth-order valence-electron chi connectivity index (χ4n) is 2.34.